The van der Waals surface area contributed by atoms with Crippen molar-refractivity contribution in [3.05, 3.63) is 0 Å². The van der Waals surface area contributed by atoms with Gasteiger partial charge in [0.2, 0.25) is 5.54 Å². The van der Waals surface area contributed by atoms with E-state index in [0.717, 1.165) is 0 Å². The number of carbonyl (C=O) groups is 2. The highest BCUT2D eigenvalue weighted by atomic mass is 19.4. The van der Waals surface area contributed by atoms with Crippen LogP contribution in [-0.4, -0.2) is 62.3 Å². The first kappa shape index (κ1) is 19.4. The van der Waals surface area contributed by atoms with Crippen molar-refractivity contribution in [1.29, 1.82) is 0 Å². The molecule has 1 atom stereocenters. The van der Waals surface area contributed by atoms with Gasteiger partial charge in [0.1, 0.15) is 0 Å². The average molecular weight is 316 g/mol. The molecule has 3 N–H and O–H groups in total. The number of amides is 2. The number of halogens is 3. The lowest BCUT2D eigenvalue weighted by molar-refractivity contribution is -0.203. The van der Waals surface area contributed by atoms with Crippen molar-refractivity contribution in [2.45, 2.75) is 25.1 Å². The van der Waals surface area contributed by atoms with Crippen molar-refractivity contribution >= 4 is 12.0 Å². The van der Waals surface area contributed by atoms with Crippen LogP contribution >= 0.6 is 0 Å². The summed E-state index contributed by atoms with van der Waals surface area (Å²) in [4.78, 5) is 22.0. The Morgan fingerprint density at radius 1 is 1.19 bits per heavy atom. The minimum absolute atomic E-state index is 0.0480. The summed E-state index contributed by atoms with van der Waals surface area (Å²) in [5.74, 6) is -2.19. The van der Waals surface area contributed by atoms with Crippen molar-refractivity contribution in [3.8, 4) is 0 Å². The molecule has 10 heteroatoms. The van der Waals surface area contributed by atoms with Crippen LogP contribution in [0.5, 0.6) is 0 Å². The number of rotatable bonds is 9. The molecule has 2 amide bonds. The van der Waals surface area contributed by atoms with Gasteiger partial charge in [-0.05, 0) is 13.3 Å². The minimum atomic E-state index is -5.11. The Morgan fingerprint density at radius 2 is 1.81 bits per heavy atom. The molecule has 0 aliphatic rings. The molecule has 124 valence electrons. The molecule has 0 bridgehead atoms. The Bertz CT molecular complexity index is 351. The van der Waals surface area contributed by atoms with Crippen LogP contribution in [-0.2, 0) is 14.3 Å². The van der Waals surface area contributed by atoms with E-state index in [1.807, 2.05) is 0 Å². The van der Waals surface area contributed by atoms with E-state index in [2.05, 4.69) is 5.32 Å². The third-order valence-corrected chi connectivity index (χ3v) is 2.54. The maximum Gasteiger partial charge on any atom is 0.422 e. The Balaban J connectivity index is 4.10. The fraction of sp³-hybridized carbons (Fsp3) is 0.818. The number of nitrogens with one attached hydrogen (secondary N) is 2. The van der Waals surface area contributed by atoms with Gasteiger partial charge in [0.05, 0.1) is 13.2 Å². The van der Waals surface area contributed by atoms with Gasteiger partial charge in [-0.15, -0.1) is 0 Å². The molecule has 1 unspecified atom stereocenters. The number of aliphatic carboxylic acids is 1. The summed E-state index contributed by atoms with van der Waals surface area (Å²) in [5.41, 5.74) is -3.34. The molecule has 0 aromatic carbocycles. The number of carboxylic acids is 1. The Morgan fingerprint density at radius 3 is 2.29 bits per heavy atom. The summed E-state index contributed by atoms with van der Waals surface area (Å²) in [6.07, 6.45) is -4.74. The first-order valence-electron chi connectivity index (χ1n) is 6.08. The van der Waals surface area contributed by atoms with Gasteiger partial charge in [0.15, 0.2) is 0 Å². The van der Waals surface area contributed by atoms with Crippen LogP contribution in [0.3, 0.4) is 0 Å². The lowest BCUT2D eigenvalue weighted by Gasteiger charge is -2.28. The Labute approximate surface area is 119 Å². The van der Waals surface area contributed by atoms with E-state index >= 15 is 0 Å². The highest BCUT2D eigenvalue weighted by molar-refractivity contribution is 5.86. The summed E-state index contributed by atoms with van der Waals surface area (Å²) in [6, 6.07) is -1.21. The normalized spacial score (nSPS) is 14.3. The summed E-state index contributed by atoms with van der Waals surface area (Å²) in [6.45, 7) is 1.50. The van der Waals surface area contributed by atoms with Crippen molar-refractivity contribution in [3.63, 3.8) is 0 Å². The van der Waals surface area contributed by atoms with Gasteiger partial charge in [0, 0.05) is 20.3 Å². The first-order chi connectivity index (χ1) is 9.65. The van der Waals surface area contributed by atoms with E-state index in [-0.39, 0.29) is 6.54 Å². The second kappa shape index (κ2) is 8.67. The third-order valence-electron chi connectivity index (χ3n) is 2.54. The number of carboxylic acid groups (broad SMARTS) is 1. The number of ether oxygens (including phenoxy) is 2. The predicted molar refractivity (Wildman–Crippen MR) is 65.9 cm³/mol. The molecule has 0 radical (unpaired) electrons. The van der Waals surface area contributed by atoms with Gasteiger partial charge in [-0.2, -0.15) is 13.2 Å². The molecule has 0 saturated heterocycles. The van der Waals surface area contributed by atoms with E-state index < -0.39 is 23.7 Å². The molecule has 0 fully saturated rings. The van der Waals surface area contributed by atoms with Crippen LogP contribution < -0.4 is 10.6 Å². The molecule has 0 aliphatic heterocycles. The first-order valence-corrected chi connectivity index (χ1v) is 6.08. The summed E-state index contributed by atoms with van der Waals surface area (Å²) in [7, 11) is 1.51. The van der Waals surface area contributed by atoms with Crippen molar-refractivity contribution in [2.75, 3.05) is 33.5 Å². The number of urea groups is 1. The maximum atomic E-state index is 12.6. The van der Waals surface area contributed by atoms with Crippen LogP contribution in [0, 0.1) is 0 Å². The molecule has 7 nitrogen and oxygen atoms in total. The Kier molecular flexibility index (Phi) is 8.03. The largest absolute Gasteiger partial charge is 0.479 e. The predicted octanol–water partition coefficient (Wildman–Crippen LogP) is 0.744. The molecule has 21 heavy (non-hydrogen) atoms. The Hall–Kier alpha value is -1.55. The number of carbonyl (C=O) groups excluding carboxylic acids is 1. The topological polar surface area (TPSA) is 96.9 Å². The second-order valence-corrected chi connectivity index (χ2v) is 4.27. The monoisotopic (exact) mass is 316 g/mol. The van der Waals surface area contributed by atoms with Crippen LogP contribution in [0.15, 0.2) is 0 Å². The van der Waals surface area contributed by atoms with Gasteiger partial charge < -0.3 is 25.2 Å². The van der Waals surface area contributed by atoms with E-state index in [0.29, 0.717) is 33.2 Å². The fourth-order valence-electron chi connectivity index (χ4n) is 1.14. The van der Waals surface area contributed by atoms with E-state index in [4.69, 9.17) is 14.6 Å². The van der Waals surface area contributed by atoms with Crippen molar-refractivity contribution in [1.82, 2.24) is 10.6 Å². The highest BCUT2D eigenvalue weighted by Gasteiger charge is 2.58. The van der Waals surface area contributed by atoms with Crippen LogP contribution in [0.25, 0.3) is 0 Å². The molecule has 0 aromatic rings. The lowest BCUT2D eigenvalue weighted by Crippen LogP contribution is -2.63. The molecule has 0 aliphatic carbocycles. The highest BCUT2D eigenvalue weighted by Crippen LogP contribution is 2.30. The zero-order valence-electron chi connectivity index (χ0n) is 11.7. The van der Waals surface area contributed by atoms with Gasteiger partial charge >= 0.3 is 18.2 Å². The molecule has 0 spiro atoms. The second-order valence-electron chi connectivity index (χ2n) is 4.27. The van der Waals surface area contributed by atoms with Crippen molar-refractivity contribution in [2.24, 2.45) is 0 Å². The van der Waals surface area contributed by atoms with Crippen molar-refractivity contribution < 1.29 is 37.3 Å². The zero-order chi connectivity index (χ0) is 16.5. The van der Waals surface area contributed by atoms with Gasteiger partial charge in [-0.1, -0.05) is 0 Å². The minimum Gasteiger partial charge on any atom is -0.479 e. The lowest BCUT2D eigenvalue weighted by atomic mass is 10.0. The molecule has 0 heterocycles. The SMILES string of the molecule is COCCOCCCNC(=O)NC(C)(C(=O)O)C(F)(F)F. The number of alkyl halides is 3. The van der Waals surface area contributed by atoms with Crippen LogP contribution in [0.1, 0.15) is 13.3 Å². The van der Waals surface area contributed by atoms with E-state index in [1.165, 1.54) is 12.4 Å². The van der Waals surface area contributed by atoms with Crippen LogP contribution in [0.4, 0.5) is 18.0 Å². The standard InChI is InChI=1S/C11H19F3N2O5/c1-10(8(17)18,11(12,13)14)16-9(19)15-4-3-5-21-7-6-20-2/h3-7H2,1-2H3,(H,17,18)(H2,15,16,19). The summed E-state index contributed by atoms with van der Waals surface area (Å²) >= 11 is 0. The fourth-order valence-corrected chi connectivity index (χ4v) is 1.14. The van der Waals surface area contributed by atoms with E-state index in [1.54, 1.807) is 0 Å². The number of hydrogen-bond donors (Lipinski definition) is 3. The number of methoxy groups -OCH3 is 1. The van der Waals surface area contributed by atoms with Gasteiger partial charge in [0.25, 0.3) is 0 Å². The summed E-state index contributed by atoms with van der Waals surface area (Å²) in [5, 5.41) is 12.2. The molecular formula is C11H19F3N2O5. The van der Waals surface area contributed by atoms with Gasteiger partial charge in [-0.25, -0.2) is 9.59 Å². The zero-order valence-corrected chi connectivity index (χ0v) is 11.7. The number of hydrogen-bond acceptors (Lipinski definition) is 4. The quantitative estimate of drug-likeness (QED) is 0.545. The third kappa shape index (κ3) is 6.63. The van der Waals surface area contributed by atoms with E-state index in [9.17, 15) is 22.8 Å². The smallest absolute Gasteiger partial charge is 0.422 e. The maximum absolute atomic E-state index is 12.6. The van der Waals surface area contributed by atoms with Gasteiger partial charge in [-0.3, -0.25) is 0 Å². The molecular weight excluding hydrogens is 297 g/mol. The summed E-state index contributed by atoms with van der Waals surface area (Å²) < 4.78 is 47.7. The molecule has 0 saturated carbocycles. The molecule has 0 aromatic heterocycles. The molecule has 0 rings (SSSR count). The average Bonchev–Trinajstić information content (AvgIpc) is 2.36. The van der Waals surface area contributed by atoms with Crippen LogP contribution in [0.2, 0.25) is 0 Å².